The van der Waals surface area contributed by atoms with Crippen LogP contribution in [-0.2, 0) is 7.05 Å². The second kappa shape index (κ2) is 2.60. The lowest BCUT2D eigenvalue weighted by atomic mass is 10.7. The van der Waals surface area contributed by atoms with Gasteiger partial charge in [0.1, 0.15) is 5.15 Å². The van der Waals surface area contributed by atoms with Crippen LogP contribution in [0.25, 0.3) is 0 Å². The number of hydrogen-bond donors (Lipinski definition) is 0. The highest BCUT2D eigenvalue weighted by Crippen LogP contribution is 2.03. The molecule has 1 heterocycles. The Kier molecular flexibility index (Phi) is 1.97. The SMILES string of the molecule is Cn1cc(Cl)nc(Cl)c1=O. The molecule has 0 fully saturated rings. The van der Waals surface area contributed by atoms with E-state index in [2.05, 4.69) is 4.98 Å². The molecular weight excluding hydrogens is 175 g/mol. The molecule has 1 rings (SSSR count). The lowest BCUT2D eigenvalue weighted by molar-refractivity contribution is 0.841. The summed E-state index contributed by atoms with van der Waals surface area (Å²) in [6.45, 7) is 0. The maximum atomic E-state index is 10.8. The summed E-state index contributed by atoms with van der Waals surface area (Å²) in [5.41, 5.74) is -0.342. The molecule has 10 heavy (non-hydrogen) atoms. The Labute approximate surface area is 67.2 Å². The maximum absolute atomic E-state index is 10.8. The first kappa shape index (κ1) is 7.57. The van der Waals surface area contributed by atoms with E-state index in [-0.39, 0.29) is 15.9 Å². The molecule has 0 aliphatic rings. The van der Waals surface area contributed by atoms with E-state index in [0.29, 0.717) is 0 Å². The van der Waals surface area contributed by atoms with Crippen molar-refractivity contribution in [2.75, 3.05) is 0 Å². The lowest BCUT2D eigenvalue weighted by Gasteiger charge is -1.95. The van der Waals surface area contributed by atoms with Crippen LogP contribution in [-0.4, -0.2) is 9.55 Å². The summed E-state index contributed by atoms with van der Waals surface area (Å²) in [7, 11) is 1.56. The fraction of sp³-hybridized carbons (Fsp3) is 0.200. The molecule has 0 aliphatic heterocycles. The Morgan fingerprint density at radius 1 is 1.60 bits per heavy atom. The first-order valence-corrected chi connectivity index (χ1v) is 3.25. The van der Waals surface area contributed by atoms with Crippen LogP contribution in [0.15, 0.2) is 11.0 Å². The molecule has 0 aliphatic carbocycles. The van der Waals surface area contributed by atoms with Crippen LogP contribution in [0.5, 0.6) is 0 Å². The fourth-order valence-corrected chi connectivity index (χ4v) is 1.03. The zero-order chi connectivity index (χ0) is 7.72. The molecule has 0 amide bonds. The molecule has 0 spiro atoms. The van der Waals surface area contributed by atoms with E-state index in [1.54, 1.807) is 7.05 Å². The van der Waals surface area contributed by atoms with Crippen molar-refractivity contribution < 1.29 is 0 Å². The van der Waals surface area contributed by atoms with Crippen molar-refractivity contribution in [1.82, 2.24) is 9.55 Å². The predicted octanol–water partition coefficient (Wildman–Crippen LogP) is 1.09. The summed E-state index contributed by atoms with van der Waals surface area (Å²) < 4.78 is 1.28. The van der Waals surface area contributed by atoms with E-state index >= 15 is 0 Å². The van der Waals surface area contributed by atoms with Crippen LogP contribution in [0.4, 0.5) is 0 Å². The molecule has 0 bridgehead atoms. The molecule has 1 aromatic heterocycles. The van der Waals surface area contributed by atoms with E-state index in [1.807, 2.05) is 0 Å². The highest BCUT2D eigenvalue weighted by Gasteiger charge is 2.00. The Morgan fingerprint density at radius 2 is 2.20 bits per heavy atom. The number of aryl methyl sites for hydroxylation is 1. The molecule has 54 valence electrons. The summed E-state index contributed by atoms with van der Waals surface area (Å²) in [5.74, 6) is 0. The first-order valence-electron chi connectivity index (χ1n) is 2.50. The summed E-state index contributed by atoms with van der Waals surface area (Å²) in [4.78, 5) is 14.4. The van der Waals surface area contributed by atoms with E-state index in [4.69, 9.17) is 23.2 Å². The lowest BCUT2D eigenvalue weighted by Crippen LogP contribution is -2.17. The van der Waals surface area contributed by atoms with Gasteiger partial charge in [0, 0.05) is 13.2 Å². The zero-order valence-corrected chi connectivity index (χ0v) is 6.65. The number of aromatic nitrogens is 2. The van der Waals surface area contributed by atoms with Gasteiger partial charge in [-0.05, 0) is 0 Å². The Morgan fingerprint density at radius 3 is 2.70 bits per heavy atom. The van der Waals surface area contributed by atoms with Crippen LogP contribution in [0, 0.1) is 0 Å². The summed E-state index contributed by atoms with van der Waals surface area (Å²) in [5, 5.41) is 0.113. The van der Waals surface area contributed by atoms with Crippen molar-refractivity contribution in [2.24, 2.45) is 7.05 Å². The molecule has 0 radical (unpaired) electrons. The minimum absolute atomic E-state index is 0.102. The number of rotatable bonds is 0. The van der Waals surface area contributed by atoms with Gasteiger partial charge in [0.25, 0.3) is 5.56 Å². The normalized spacial score (nSPS) is 9.90. The van der Waals surface area contributed by atoms with Crippen molar-refractivity contribution in [3.63, 3.8) is 0 Å². The second-order valence-electron chi connectivity index (χ2n) is 1.77. The molecule has 0 saturated heterocycles. The quantitative estimate of drug-likeness (QED) is 0.597. The second-order valence-corrected chi connectivity index (χ2v) is 2.52. The monoisotopic (exact) mass is 178 g/mol. The molecule has 3 nitrogen and oxygen atoms in total. The summed E-state index contributed by atoms with van der Waals surface area (Å²) >= 11 is 10.9. The minimum Gasteiger partial charge on any atom is -0.313 e. The van der Waals surface area contributed by atoms with Gasteiger partial charge in [-0.2, -0.15) is 0 Å². The number of hydrogen-bond acceptors (Lipinski definition) is 2. The third-order valence-corrected chi connectivity index (χ3v) is 1.43. The Balaban J connectivity index is 3.46. The zero-order valence-electron chi connectivity index (χ0n) is 5.14. The van der Waals surface area contributed by atoms with E-state index in [9.17, 15) is 4.79 Å². The van der Waals surface area contributed by atoms with Crippen molar-refractivity contribution in [1.29, 1.82) is 0 Å². The van der Waals surface area contributed by atoms with Gasteiger partial charge in [0.2, 0.25) is 0 Å². The molecular formula is C5H4Cl2N2O. The van der Waals surface area contributed by atoms with Crippen molar-refractivity contribution in [2.45, 2.75) is 0 Å². The van der Waals surface area contributed by atoms with E-state index < -0.39 is 0 Å². The van der Waals surface area contributed by atoms with Crippen LogP contribution < -0.4 is 5.56 Å². The highest BCUT2D eigenvalue weighted by atomic mass is 35.5. The van der Waals surface area contributed by atoms with Crippen LogP contribution >= 0.6 is 23.2 Å². The van der Waals surface area contributed by atoms with Crippen LogP contribution in [0.2, 0.25) is 10.3 Å². The number of nitrogens with zero attached hydrogens (tertiary/aromatic N) is 2. The third kappa shape index (κ3) is 1.30. The Hall–Kier alpha value is -0.540. The van der Waals surface area contributed by atoms with E-state index in [0.717, 1.165) is 0 Å². The molecule has 0 saturated carbocycles. The minimum atomic E-state index is -0.342. The van der Waals surface area contributed by atoms with Crippen molar-refractivity contribution in [3.8, 4) is 0 Å². The smallest absolute Gasteiger partial charge is 0.288 e. The van der Waals surface area contributed by atoms with E-state index in [1.165, 1.54) is 10.8 Å². The summed E-state index contributed by atoms with van der Waals surface area (Å²) in [6.07, 6.45) is 1.40. The van der Waals surface area contributed by atoms with Gasteiger partial charge < -0.3 is 4.57 Å². The fourth-order valence-electron chi connectivity index (χ4n) is 0.534. The Bertz CT molecular complexity index is 281. The van der Waals surface area contributed by atoms with Gasteiger partial charge in [-0.1, -0.05) is 23.2 Å². The van der Waals surface area contributed by atoms with Crippen molar-refractivity contribution >= 4 is 23.2 Å². The average molecular weight is 179 g/mol. The topological polar surface area (TPSA) is 34.9 Å². The van der Waals surface area contributed by atoms with Crippen LogP contribution in [0.1, 0.15) is 0 Å². The molecule has 0 unspecified atom stereocenters. The maximum Gasteiger partial charge on any atom is 0.288 e. The number of halogens is 2. The molecule has 0 aromatic carbocycles. The molecule has 0 N–H and O–H groups in total. The predicted molar refractivity (Wildman–Crippen MR) is 39.5 cm³/mol. The largest absolute Gasteiger partial charge is 0.313 e. The van der Waals surface area contributed by atoms with Gasteiger partial charge in [-0.15, -0.1) is 0 Å². The average Bonchev–Trinajstić information content (AvgIpc) is 1.82. The van der Waals surface area contributed by atoms with Gasteiger partial charge >= 0.3 is 0 Å². The van der Waals surface area contributed by atoms with Gasteiger partial charge in [-0.25, -0.2) is 4.98 Å². The first-order chi connectivity index (χ1) is 4.61. The summed E-state index contributed by atoms with van der Waals surface area (Å²) in [6, 6.07) is 0. The molecule has 1 aromatic rings. The molecule has 0 atom stereocenters. The third-order valence-electron chi connectivity index (χ3n) is 1.00. The van der Waals surface area contributed by atoms with Crippen molar-refractivity contribution in [3.05, 3.63) is 26.9 Å². The van der Waals surface area contributed by atoms with Gasteiger partial charge in [0.15, 0.2) is 5.15 Å². The van der Waals surface area contributed by atoms with Gasteiger partial charge in [-0.3, -0.25) is 4.79 Å². The highest BCUT2D eigenvalue weighted by molar-refractivity contribution is 6.32. The standard InChI is InChI=1S/C5H4Cl2N2O/c1-9-2-3(6)8-4(7)5(9)10/h2H,1H3. The van der Waals surface area contributed by atoms with Gasteiger partial charge in [0.05, 0.1) is 0 Å². The van der Waals surface area contributed by atoms with Crippen LogP contribution in [0.3, 0.4) is 0 Å². The molecule has 5 heteroatoms.